The molecule has 0 spiro atoms. The summed E-state index contributed by atoms with van der Waals surface area (Å²) in [6.07, 6.45) is -4.78. The summed E-state index contributed by atoms with van der Waals surface area (Å²) < 4.78 is 21.5. The van der Waals surface area contributed by atoms with Gasteiger partial charge >= 0.3 is 29.9 Å². The van der Waals surface area contributed by atoms with E-state index in [4.69, 9.17) is 15.6 Å². The number of nitrogens with zero attached hydrogens (tertiary/aromatic N) is 1. The van der Waals surface area contributed by atoms with Crippen molar-refractivity contribution in [2.24, 2.45) is 29.4 Å². The minimum Gasteiger partial charge on any atom is -0.493 e. The first-order chi connectivity index (χ1) is 60.9. The Kier molecular flexibility index (Phi) is 42.0. The van der Waals surface area contributed by atoms with E-state index in [1.54, 1.807) is 80.6 Å². The van der Waals surface area contributed by atoms with Crippen molar-refractivity contribution in [3.05, 3.63) is 95.6 Å². The van der Waals surface area contributed by atoms with Crippen molar-refractivity contribution >= 4 is 150 Å². The molecule has 13 amide bonds. The highest BCUT2D eigenvalue weighted by atomic mass is 33.1. The molecule has 0 saturated carbocycles. The van der Waals surface area contributed by atoms with Crippen LogP contribution in [0.5, 0.6) is 5.75 Å². The first-order valence-electron chi connectivity index (χ1n) is 42.1. The summed E-state index contributed by atoms with van der Waals surface area (Å²) in [5, 5.41) is 98.0. The van der Waals surface area contributed by atoms with Crippen molar-refractivity contribution in [1.29, 1.82) is 0 Å². The number of benzene rings is 3. The zero-order valence-corrected chi connectivity index (χ0v) is 73.5. The number of carboxylic acid groups (broad SMARTS) is 4. The quantitative estimate of drug-likeness (QED) is 0.0187. The molecule has 700 valence electrons. The molecule has 3 aliphatic heterocycles. The van der Waals surface area contributed by atoms with E-state index < -0.39 is 284 Å². The van der Waals surface area contributed by atoms with E-state index in [2.05, 4.69) is 58.2 Å². The van der Waals surface area contributed by atoms with Gasteiger partial charge in [0.2, 0.25) is 65.0 Å². The lowest BCUT2D eigenvalue weighted by atomic mass is 9.85. The zero-order chi connectivity index (χ0) is 93.8. The summed E-state index contributed by atoms with van der Waals surface area (Å²) in [5.41, 5.74) is 7.26. The number of carbonyl (C=O) groups excluding carboxylic acids is 14. The van der Waals surface area contributed by atoms with Crippen LogP contribution in [0.3, 0.4) is 0 Å². The number of H-pyrrole nitrogens is 1. The molecular formula is C84H114N14O27S3. The molecule has 4 aromatic rings. The number of unbranched alkanes of at least 4 members (excludes halogenated alkanes) is 4. The number of Topliss-reactive ketones (excluding diaryl/α,β-unsaturated/α-hetero) is 2. The fraction of sp³-hybridized carbons (Fsp3) is 0.548. The lowest BCUT2D eigenvalue weighted by Crippen LogP contribution is -2.57. The summed E-state index contributed by atoms with van der Waals surface area (Å²) in [6, 6.07) is 7.21. The van der Waals surface area contributed by atoms with Crippen molar-refractivity contribution in [1.82, 2.24) is 68.4 Å². The predicted molar refractivity (Wildman–Crippen MR) is 463 cm³/mol. The van der Waals surface area contributed by atoms with Gasteiger partial charge in [-0.2, -0.15) is 0 Å². The number of carbonyl (C=O) groups is 18. The first-order valence-corrected chi connectivity index (χ1v) is 45.9. The van der Waals surface area contributed by atoms with Crippen LogP contribution in [0.15, 0.2) is 83.9 Å². The van der Waals surface area contributed by atoms with E-state index in [0.29, 0.717) is 61.8 Å². The highest BCUT2D eigenvalue weighted by Crippen LogP contribution is 2.34. The Morgan fingerprint density at radius 1 is 0.633 bits per heavy atom. The molecule has 3 aliphatic rings. The topological polar surface area (TPSA) is 653 Å². The van der Waals surface area contributed by atoms with Gasteiger partial charge in [0, 0.05) is 106 Å². The maximum absolute atomic E-state index is 15.3. The molecule has 1 fully saturated rings. The Morgan fingerprint density at radius 3 is 1.84 bits per heavy atom. The molecule has 4 heterocycles. The first kappa shape index (κ1) is 103. The van der Waals surface area contributed by atoms with Crippen molar-refractivity contribution in [2.45, 2.75) is 214 Å². The summed E-state index contributed by atoms with van der Waals surface area (Å²) in [6.45, 7) is 1.93. The Hall–Kier alpha value is -11.6. The molecule has 21 N–H and O–H groups in total. The Bertz CT molecular complexity index is 4620. The number of urea groups is 1. The number of hydrogen-bond donors (Lipinski definition) is 20. The van der Waals surface area contributed by atoms with E-state index in [-0.39, 0.29) is 78.3 Å². The molecule has 41 nitrogen and oxygen atoms in total. The van der Waals surface area contributed by atoms with E-state index in [9.17, 15) is 112 Å². The summed E-state index contributed by atoms with van der Waals surface area (Å²) >= 11 is 0. The average Bonchev–Trinajstić information content (AvgIpc) is 1.61. The molecule has 1 aromatic heterocycles. The smallest absolute Gasteiger partial charge is 0.327 e. The number of hydrogen-bond acceptors (Lipinski definition) is 25. The number of ether oxygens (including phenoxy) is 1. The lowest BCUT2D eigenvalue weighted by molar-refractivity contribution is -0.145. The second kappa shape index (κ2) is 52.0. The lowest BCUT2D eigenvalue weighted by Gasteiger charge is -2.32. The van der Waals surface area contributed by atoms with Crippen LogP contribution in [-0.4, -0.2) is 280 Å². The minimum atomic E-state index is -2.45. The fourth-order valence-electron chi connectivity index (χ4n) is 14.6. The number of aromatic nitrogens is 1. The third-order valence-electron chi connectivity index (χ3n) is 21.9. The number of carboxylic acids is 4. The number of fused-ring (bicyclic) bond motifs is 5. The maximum Gasteiger partial charge on any atom is 0.327 e. The number of nitrogens with one attached hydrogen (secondary N) is 12. The molecule has 3 unspecified atom stereocenters. The van der Waals surface area contributed by atoms with Crippen LogP contribution < -0.4 is 69.0 Å². The number of aliphatic hydroxyl groups is 3. The second-order valence-corrected chi connectivity index (χ2v) is 35.8. The third kappa shape index (κ3) is 33.2. The SMILES string of the molecule is CC[C@H](C)[C@@H]1NC(=O)CNC(=O)[C@@H]2CC(=O)[C@H]([C@@H](C)[C@@H](O)CO)NC(=O)[C@@H]3C[C@@H](O)CN3C(=O)[C@H](CC(N)=O)CC(=O)[C@H](CS(=O)c3[nH]c4cc(OCCCSSC[C@H](NC(=O)[C@H](Cc5ccccc5)NC(=O)[C@H](Cc5ccccc5)NC(=O)CCCCCCCNC(=O)CCC(NC(=O)NC(CCC(=O)O)C(=O)O)C(=O)O)C(=O)O)ccc4c3C2)NC(=O)CNC1=O. The van der Waals surface area contributed by atoms with Crippen LogP contribution in [0.25, 0.3) is 10.9 Å². The van der Waals surface area contributed by atoms with Crippen LogP contribution in [0.4, 0.5) is 4.79 Å². The van der Waals surface area contributed by atoms with Crippen LogP contribution in [0.1, 0.15) is 140 Å². The Balaban J connectivity index is 1.01. The van der Waals surface area contributed by atoms with Gasteiger partial charge < -0.3 is 115 Å². The number of aromatic amines is 1. The van der Waals surface area contributed by atoms with Crippen LogP contribution in [-0.2, 0) is 112 Å². The normalized spacial score (nSPS) is 21.1. The number of aliphatic carboxylic acids is 4. The molecule has 3 aromatic carbocycles. The maximum atomic E-state index is 15.3. The molecule has 7 rings (SSSR count). The number of nitrogens with two attached hydrogens (primary N) is 1. The molecule has 128 heavy (non-hydrogen) atoms. The molecule has 0 aliphatic carbocycles. The summed E-state index contributed by atoms with van der Waals surface area (Å²) in [5.74, 6) is -22.4. The van der Waals surface area contributed by atoms with Gasteiger partial charge in [0.25, 0.3) is 0 Å². The molecule has 44 heteroatoms. The molecule has 16 atom stereocenters. The van der Waals surface area contributed by atoms with E-state index in [1.807, 2.05) is 5.32 Å². The molecule has 2 bridgehead atoms. The largest absolute Gasteiger partial charge is 0.493 e. The number of aliphatic hydroxyl groups excluding tert-OH is 3. The van der Waals surface area contributed by atoms with Gasteiger partial charge in [0.15, 0.2) is 11.6 Å². The number of ketones is 2. The number of rotatable bonds is 43. The van der Waals surface area contributed by atoms with Crippen LogP contribution >= 0.6 is 21.6 Å². The van der Waals surface area contributed by atoms with Crippen molar-refractivity contribution in [3.63, 3.8) is 0 Å². The van der Waals surface area contributed by atoms with Crippen molar-refractivity contribution in [3.8, 4) is 5.75 Å². The number of primary amides is 1. The average molecular weight is 1850 g/mol. The fourth-order valence-corrected chi connectivity index (χ4v) is 18.2. The molecule has 1 saturated heterocycles. The van der Waals surface area contributed by atoms with Gasteiger partial charge in [0.1, 0.15) is 53.1 Å². The summed E-state index contributed by atoms with van der Waals surface area (Å²) in [7, 11) is -0.0721. The molecule has 0 radical (unpaired) electrons. The molecular weight excluding hydrogens is 1730 g/mol. The summed E-state index contributed by atoms with van der Waals surface area (Å²) in [4.78, 5) is 246. The number of amides is 13. The standard InChI is InChI=1S/C84H114N14O27S3/c1-4-45(2)72-78(115)88-39-69(107)90-61-44-128(124)79-54(33-49(74(111)87-40-70(108)96-72)34-64(102)73(46(3)65(103)42-99)97-77(114)62-37-51(100)41-98(62)80(116)50(35-63(61)101)36-66(85)104)53-23-22-52(38-57(53)93-79)125-29-16-30-126-127-43-60(83(121)122)92-76(113)59(32-48-19-12-9-13-20-48)91-75(112)58(31-47-17-10-8-11-18-47)89-68(106)21-14-6-5-7-15-28-86-67(105)26-24-55(81(117)118)94-84(123)95-56(82(119)120)25-27-71(109)110/h8-13,17-20,22-23,38,45-46,49-51,55-56,58-62,65,72-73,93,99-100,103H,4-7,14-16,21,24-37,39-44H2,1-3H3,(H2,85,104)(H,86,105)(H,87,111)(H,88,115)(H,89,106)(H,90,107)(H,91,112)(H,92,113)(H,96,108)(H,97,114)(H,109,110)(H,117,118)(H,119,120)(H,121,122)(H2,94,95,123)/t45-,46-,49-,50-,51+,55?,56?,58-,59-,60-,61-,62-,65-,72-,73-,128?/m0/s1. The van der Waals surface area contributed by atoms with E-state index >= 15 is 9.00 Å². The Labute approximate surface area is 747 Å². The van der Waals surface area contributed by atoms with Gasteiger partial charge in [-0.15, -0.1) is 0 Å². The highest BCUT2D eigenvalue weighted by Gasteiger charge is 2.46. The van der Waals surface area contributed by atoms with Crippen molar-refractivity contribution < 1.29 is 131 Å². The van der Waals surface area contributed by atoms with Gasteiger partial charge in [0.05, 0.1) is 78.6 Å². The van der Waals surface area contributed by atoms with E-state index in [1.165, 1.54) is 29.9 Å². The predicted octanol–water partition coefficient (Wildman–Crippen LogP) is -0.963. The van der Waals surface area contributed by atoms with Crippen molar-refractivity contribution in [2.75, 3.05) is 56.7 Å². The monoisotopic (exact) mass is 1850 g/mol. The van der Waals surface area contributed by atoms with Gasteiger partial charge in [-0.25, -0.2) is 19.2 Å². The van der Waals surface area contributed by atoms with E-state index in [0.717, 1.165) is 15.7 Å². The zero-order valence-electron chi connectivity index (χ0n) is 71.0. The Morgan fingerprint density at radius 2 is 1.23 bits per heavy atom. The minimum absolute atomic E-state index is 0.0107. The highest BCUT2D eigenvalue weighted by molar-refractivity contribution is 8.76. The van der Waals surface area contributed by atoms with Gasteiger partial charge in [-0.3, -0.25) is 71.3 Å². The third-order valence-corrected chi connectivity index (χ3v) is 25.9. The second-order valence-electron chi connectivity index (χ2n) is 31.7. The van der Waals surface area contributed by atoms with Gasteiger partial charge in [-0.05, 0) is 73.3 Å². The van der Waals surface area contributed by atoms with Crippen LogP contribution in [0, 0.1) is 23.7 Å². The van der Waals surface area contributed by atoms with Crippen LogP contribution in [0.2, 0.25) is 0 Å². The van der Waals surface area contributed by atoms with Gasteiger partial charge in [-0.1, -0.05) is 129 Å².